The number of amides is 2. The van der Waals surface area contributed by atoms with Crippen LogP contribution in [-0.4, -0.2) is 52.8 Å². The van der Waals surface area contributed by atoms with Crippen molar-refractivity contribution in [3.05, 3.63) is 60.4 Å². The predicted molar refractivity (Wildman–Crippen MR) is 142 cm³/mol. The van der Waals surface area contributed by atoms with Crippen molar-refractivity contribution < 1.29 is 19.4 Å². The fraction of sp³-hybridized carbons (Fsp3) is 0.357. The summed E-state index contributed by atoms with van der Waals surface area (Å²) in [4.78, 5) is 37.2. The summed E-state index contributed by atoms with van der Waals surface area (Å²) < 4.78 is 6.23. The molecule has 2 aliphatic rings. The Labute approximate surface area is 216 Å². The van der Waals surface area contributed by atoms with Crippen LogP contribution in [0.4, 0.5) is 22.1 Å². The first-order valence-electron chi connectivity index (χ1n) is 12.7. The number of hydrogen-bond donors (Lipinski definition) is 2. The summed E-state index contributed by atoms with van der Waals surface area (Å²) in [5.74, 6) is 0.00412. The third kappa shape index (κ3) is 5.07. The minimum atomic E-state index is -0.782. The van der Waals surface area contributed by atoms with Gasteiger partial charge in [-0.2, -0.15) is 0 Å². The molecule has 1 saturated heterocycles. The van der Waals surface area contributed by atoms with Crippen molar-refractivity contribution in [2.45, 2.75) is 39.2 Å². The smallest absolute Gasteiger partial charge is 0.326 e. The number of nitrogens with zero attached hydrogens (tertiary/aromatic N) is 4. The lowest BCUT2D eigenvalue weighted by molar-refractivity contribution is -0.140. The van der Waals surface area contributed by atoms with Gasteiger partial charge in [0.1, 0.15) is 11.9 Å². The van der Waals surface area contributed by atoms with Crippen molar-refractivity contribution in [1.29, 1.82) is 0 Å². The molecule has 0 saturated carbocycles. The first-order chi connectivity index (χ1) is 18.0. The highest BCUT2D eigenvalue weighted by molar-refractivity contribution is 6.03. The molecule has 0 spiro atoms. The third-order valence-corrected chi connectivity index (χ3v) is 7.06. The molecule has 0 aliphatic carbocycles. The number of aromatic nitrogens is 2. The second-order valence-electron chi connectivity index (χ2n) is 9.42. The van der Waals surface area contributed by atoms with Gasteiger partial charge in [0.2, 0.25) is 5.95 Å². The van der Waals surface area contributed by atoms with Crippen LogP contribution in [0.1, 0.15) is 32.3 Å². The van der Waals surface area contributed by atoms with E-state index in [2.05, 4.69) is 22.2 Å². The summed E-state index contributed by atoms with van der Waals surface area (Å²) in [7, 11) is 0. The molecule has 9 heteroatoms. The van der Waals surface area contributed by atoms with Gasteiger partial charge in [0, 0.05) is 36.7 Å². The van der Waals surface area contributed by atoms with E-state index in [1.54, 1.807) is 17.3 Å². The molecule has 2 N–H and O–H groups in total. The molecular formula is C28H31N5O4. The maximum absolute atomic E-state index is 13.3. The zero-order valence-electron chi connectivity index (χ0n) is 21.1. The number of carboxylic acids is 1. The lowest BCUT2D eigenvalue weighted by atomic mass is 10.1. The SMILES string of the molecule is CCc1ccccc1NC(=O)N1CC(CC)Oc2cc(-c3cnc(N4CCC(C(=O)O)C4)nc3)ccc21. The summed E-state index contributed by atoms with van der Waals surface area (Å²) in [6, 6.07) is 13.4. The van der Waals surface area contributed by atoms with Gasteiger partial charge in [0.05, 0.1) is 18.2 Å². The number of benzene rings is 2. The quantitative estimate of drug-likeness (QED) is 0.498. The van der Waals surface area contributed by atoms with E-state index in [-0.39, 0.29) is 18.1 Å². The highest BCUT2D eigenvalue weighted by Gasteiger charge is 2.31. The van der Waals surface area contributed by atoms with Crippen LogP contribution in [0.5, 0.6) is 5.75 Å². The lowest BCUT2D eigenvalue weighted by Gasteiger charge is -2.35. The summed E-state index contributed by atoms with van der Waals surface area (Å²) in [5, 5.41) is 12.3. The standard InChI is InChI=1S/C28H31N5O4/c1-3-18-7-5-6-8-23(18)31-28(36)33-17-22(4-2)37-25-13-19(9-10-24(25)33)21-14-29-27(30-15-21)32-12-11-20(16-32)26(34)35/h5-10,13-15,20,22H,3-4,11-12,16-17H2,1-2H3,(H,31,36)(H,34,35). The van der Waals surface area contributed by atoms with E-state index < -0.39 is 5.97 Å². The number of ether oxygens (including phenoxy) is 1. The van der Waals surface area contributed by atoms with Crippen LogP contribution in [-0.2, 0) is 11.2 Å². The number of nitrogens with one attached hydrogen (secondary N) is 1. The Hall–Kier alpha value is -4.14. The Bertz CT molecular complexity index is 1300. The zero-order valence-corrected chi connectivity index (χ0v) is 21.1. The van der Waals surface area contributed by atoms with Gasteiger partial charge in [0.25, 0.3) is 0 Å². The molecule has 3 aromatic rings. The summed E-state index contributed by atoms with van der Waals surface area (Å²) in [5.41, 5.74) is 4.31. The molecule has 192 valence electrons. The maximum atomic E-state index is 13.3. The van der Waals surface area contributed by atoms with Gasteiger partial charge in [-0.15, -0.1) is 0 Å². The van der Waals surface area contributed by atoms with Crippen molar-refractivity contribution in [3.8, 4) is 16.9 Å². The molecule has 0 radical (unpaired) electrons. The molecule has 1 fully saturated rings. The summed E-state index contributed by atoms with van der Waals surface area (Å²) in [6.45, 7) is 5.62. The molecule has 9 nitrogen and oxygen atoms in total. The summed E-state index contributed by atoms with van der Waals surface area (Å²) in [6.07, 6.45) is 5.55. The molecule has 2 atom stereocenters. The molecule has 1 aromatic heterocycles. The number of anilines is 3. The zero-order chi connectivity index (χ0) is 25.9. The Morgan fingerprint density at radius 3 is 2.57 bits per heavy atom. The minimum absolute atomic E-state index is 0.120. The normalized spacial score (nSPS) is 18.8. The second kappa shape index (κ2) is 10.5. The topological polar surface area (TPSA) is 108 Å². The number of aliphatic carboxylic acids is 1. The fourth-order valence-corrected chi connectivity index (χ4v) is 4.84. The minimum Gasteiger partial charge on any atom is -0.486 e. The first kappa shape index (κ1) is 24.5. The van der Waals surface area contributed by atoms with Crippen LogP contribution >= 0.6 is 0 Å². The van der Waals surface area contributed by atoms with E-state index in [1.807, 2.05) is 54.3 Å². The van der Waals surface area contributed by atoms with E-state index in [9.17, 15) is 14.7 Å². The highest BCUT2D eigenvalue weighted by atomic mass is 16.5. The third-order valence-electron chi connectivity index (χ3n) is 7.06. The fourth-order valence-electron chi connectivity index (χ4n) is 4.84. The Kier molecular flexibility index (Phi) is 6.94. The molecule has 2 aliphatic heterocycles. The molecule has 37 heavy (non-hydrogen) atoms. The van der Waals surface area contributed by atoms with Crippen LogP contribution in [0, 0.1) is 5.92 Å². The molecule has 3 heterocycles. The average Bonchev–Trinajstić information content (AvgIpc) is 3.43. The number of carboxylic acid groups (broad SMARTS) is 1. The van der Waals surface area contributed by atoms with Gasteiger partial charge >= 0.3 is 12.0 Å². The largest absolute Gasteiger partial charge is 0.486 e. The van der Waals surface area contributed by atoms with Crippen LogP contribution in [0.3, 0.4) is 0 Å². The molecule has 5 rings (SSSR count). The number of carbonyl (C=O) groups excluding carboxylic acids is 1. The molecule has 2 aromatic carbocycles. The van der Waals surface area contributed by atoms with Crippen LogP contribution in [0.15, 0.2) is 54.9 Å². The second-order valence-corrected chi connectivity index (χ2v) is 9.42. The maximum Gasteiger partial charge on any atom is 0.326 e. The van der Waals surface area contributed by atoms with Gasteiger partial charge < -0.3 is 20.1 Å². The predicted octanol–water partition coefficient (Wildman–Crippen LogP) is 4.83. The van der Waals surface area contributed by atoms with Gasteiger partial charge in [-0.3, -0.25) is 9.69 Å². The van der Waals surface area contributed by atoms with Crippen molar-refractivity contribution >= 4 is 29.3 Å². The van der Waals surface area contributed by atoms with Gasteiger partial charge in [-0.1, -0.05) is 38.1 Å². The Balaban J connectivity index is 1.37. The van der Waals surface area contributed by atoms with E-state index in [0.717, 1.165) is 35.2 Å². The van der Waals surface area contributed by atoms with E-state index in [1.165, 1.54) is 0 Å². The number of para-hydroxylation sites is 1. The highest BCUT2D eigenvalue weighted by Crippen LogP contribution is 2.38. The Morgan fingerprint density at radius 1 is 1.08 bits per heavy atom. The number of carbonyl (C=O) groups is 2. The number of fused-ring (bicyclic) bond motifs is 1. The molecule has 0 bridgehead atoms. The van der Waals surface area contributed by atoms with Gasteiger partial charge in [-0.25, -0.2) is 14.8 Å². The van der Waals surface area contributed by atoms with Crippen LogP contribution < -0.4 is 19.9 Å². The van der Waals surface area contributed by atoms with E-state index in [0.29, 0.717) is 43.4 Å². The molecule has 2 amide bonds. The summed E-state index contributed by atoms with van der Waals surface area (Å²) >= 11 is 0. The number of urea groups is 1. The number of rotatable bonds is 6. The molecular weight excluding hydrogens is 470 g/mol. The first-order valence-corrected chi connectivity index (χ1v) is 12.7. The average molecular weight is 502 g/mol. The number of aryl methyl sites for hydroxylation is 1. The van der Waals surface area contributed by atoms with Gasteiger partial charge in [-0.05, 0) is 48.6 Å². The van der Waals surface area contributed by atoms with E-state index >= 15 is 0 Å². The van der Waals surface area contributed by atoms with Crippen LogP contribution in [0.2, 0.25) is 0 Å². The monoisotopic (exact) mass is 501 g/mol. The van der Waals surface area contributed by atoms with Crippen molar-refractivity contribution in [1.82, 2.24) is 9.97 Å². The Morgan fingerprint density at radius 2 is 1.86 bits per heavy atom. The molecule has 2 unspecified atom stereocenters. The van der Waals surface area contributed by atoms with Crippen molar-refractivity contribution in [2.75, 3.05) is 34.8 Å². The number of hydrogen-bond acceptors (Lipinski definition) is 6. The lowest BCUT2D eigenvalue weighted by Crippen LogP contribution is -2.45. The van der Waals surface area contributed by atoms with Crippen molar-refractivity contribution in [3.63, 3.8) is 0 Å². The van der Waals surface area contributed by atoms with Crippen LogP contribution in [0.25, 0.3) is 11.1 Å². The van der Waals surface area contributed by atoms with Crippen molar-refractivity contribution in [2.24, 2.45) is 5.92 Å². The van der Waals surface area contributed by atoms with E-state index in [4.69, 9.17) is 4.74 Å². The van der Waals surface area contributed by atoms with Gasteiger partial charge in [0.15, 0.2) is 0 Å².